The van der Waals surface area contributed by atoms with Gasteiger partial charge in [-0.15, -0.1) is 0 Å². The number of anilines is 1. The number of ether oxygens (including phenoxy) is 2. The number of methoxy groups -OCH3 is 2. The molecule has 2 fully saturated rings. The van der Waals surface area contributed by atoms with Gasteiger partial charge < -0.3 is 45.0 Å². The van der Waals surface area contributed by atoms with Crippen molar-refractivity contribution >= 4 is 53.5 Å². The van der Waals surface area contributed by atoms with Gasteiger partial charge in [-0.3, -0.25) is 38.5 Å². The quantitative estimate of drug-likeness (QED) is 0.0540. The standard InChI is InChI=1S/C53H79N9O9.C3H8/c1-10-19-46(65)61(36-63)28-17-13-16-23-45(64)54-34-40-24-26-41(27-25-40)56-52(69)42(32-39-20-14-12-15-21-39)57-51(68)38(4)50(71-9)43-22-18-29-62(43)47(66)33-44(70-8)49(37(3)11-2)60(7)48(67)35-55-53-58(5)30-31-59(53)6;1-3-2/h10,12,14-15,19-21,24-27,36-38,42-44,49-50H,11,13,16-18,22-23,28-35H2,1-9H3,(H,54,64)(H,56,69)(H,57,68);3H2,1-2H3/b19-10-;/t37?,38?,42-,43?,44?,49?,50?;/m0./s1. The van der Waals surface area contributed by atoms with E-state index in [1.165, 1.54) is 19.6 Å². The Balaban J connectivity index is 0.00000469. The topological polar surface area (TPSA) is 203 Å². The second-order valence-corrected chi connectivity index (χ2v) is 19.5. The van der Waals surface area contributed by atoms with Gasteiger partial charge in [-0.25, -0.2) is 4.99 Å². The Kier molecular flexibility index (Phi) is 27.7. The molecule has 2 saturated heterocycles. The fourth-order valence-electron chi connectivity index (χ4n) is 9.39. The van der Waals surface area contributed by atoms with E-state index in [-0.39, 0.29) is 55.5 Å². The van der Waals surface area contributed by atoms with E-state index >= 15 is 0 Å². The van der Waals surface area contributed by atoms with Crippen molar-refractivity contribution in [3.8, 4) is 0 Å². The zero-order chi connectivity index (χ0) is 54.7. The van der Waals surface area contributed by atoms with E-state index in [0.717, 1.165) is 47.9 Å². The van der Waals surface area contributed by atoms with Crippen LogP contribution in [0.5, 0.6) is 0 Å². The molecular weight excluding hydrogens is 943 g/mol. The molecule has 0 bridgehead atoms. The molecule has 2 aromatic rings. The van der Waals surface area contributed by atoms with Gasteiger partial charge in [0.05, 0.1) is 36.6 Å². The van der Waals surface area contributed by atoms with E-state index < -0.39 is 48.1 Å². The molecular formula is C56H87N9O9. The lowest BCUT2D eigenvalue weighted by molar-refractivity contribution is -0.145. The van der Waals surface area contributed by atoms with Crippen LogP contribution >= 0.6 is 0 Å². The summed E-state index contributed by atoms with van der Waals surface area (Å²) in [7, 11) is 8.76. The van der Waals surface area contributed by atoms with Gasteiger partial charge in [-0.1, -0.05) is 102 Å². The fourth-order valence-corrected chi connectivity index (χ4v) is 9.39. The van der Waals surface area contributed by atoms with Crippen molar-refractivity contribution in [1.29, 1.82) is 0 Å². The first kappa shape index (κ1) is 62.2. The number of likely N-dealkylation sites (N-methyl/N-ethyl adjacent to an activating group) is 3. The lowest BCUT2D eigenvalue weighted by Crippen LogP contribution is -2.54. The Hall–Kier alpha value is -6.14. The number of unbranched alkanes of at least 4 members (excludes halogenated alkanes) is 2. The highest BCUT2D eigenvalue weighted by atomic mass is 16.5. The molecule has 2 aliphatic heterocycles. The van der Waals surface area contributed by atoms with E-state index in [0.29, 0.717) is 57.3 Å². The molecule has 6 unspecified atom stereocenters. The third kappa shape index (κ3) is 19.3. The van der Waals surface area contributed by atoms with Crippen molar-refractivity contribution in [2.24, 2.45) is 16.8 Å². The average Bonchev–Trinajstić information content (AvgIpc) is 4.01. The lowest BCUT2D eigenvalue weighted by Gasteiger charge is -2.39. The van der Waals surface area contributed by atoms with Crippen LogP contribution in [0.25, 0.3) is 0 Å². The van der Waals surface area contributed by atoms with E-state index in [9.17, 15) is 33.6 Å². The predicted octanol–water partition coefficient (Wildman–Crippen LogP) is 5.66. The summed E-state index contributed by atoms with van der Waals surface area (Å²) < 4.78 is 12.0. The smallest absolute Gasteiger partial charge is 0.252 e. The molecule has 0 radical (unpaired) electrons. The van der Waals surface area contributed by atoms with Crippen LogP contribution in [-0.2, 0) is 56.0 Å². The summed E-state index contributed by atoms with van der Waals surface area (Å²) in [5.74, 6) is -1.59. The second kappa shape index (κ2) is 32.9. The molecule has 74 heavy (non-hydrogen) atoms. The van der Waals surface area contributed by atoms with Crippen LogP contribution in [0.4, 0.5) is 5.69 Å². The largest absolute Gasteiger partial charge is 0.379 e. The van der Waals surface area contributed by atoms with E-state index in [1.54, 1.807) is 68.1 Å². The van der Waals surface area contributed by atoms with Crippen LogP contribution < -0.4 is 16.0 Å². The van der Waals surface area contributed by atoms with Crippen molar-refractivity contribution in [2.45, 2.75) is 143 Å². The number of amides is 7. The molecule has 3 N–H and O–H groups in total. The van der Waals surface area contributed by atoms with Crippen LogP contribution in [0.15, 0.2) is 71.7 Å². The number of nitrogens with one attached hydrogen (secondary N) is 3. The molecule has 18 nitrogen and oxygen atoms in total. The first-order chi connectivity index (χ1) is 35.5. The number of allylic oxidation sites excluding steroid dienone is 1. The monoisotopic (exact) mass is 1030 g/mol. The SMILES string of the molecule is C/C=C\C(=O)N(C=O)CCCCCC(=O)NCc1ccc(NC(=O)[C@H](Cc2ccccc2)NC(=O)C(C)C(OC)C2CCCN2C(=O)CC(OC)C(C(C)CC)N(C)C(=O)CN=C2N(C)CCN2C)cc1.CCC. The molecule has 7 atom stereocenters. The van der Waals surface area contributed by atoms with E-state index in [4.69, 9.17) is 9.47 Å². The van der Waals surface area contributed by atoms with Crippen molar-refractivity contribution in [3.63, 3.8) is 0 Å². The first-order valence-corrected chi connectivity index (χ1v) is 26.4. The van der Waals surface area contributed by atoms with E-state index in [1.807, 2.05) is 54.2 Å². The molecule has 2 heterocycles. The summed E-state index contributed by atoms with van der Waals surface area (Å²) in [5, 5.41) is 8.85. The van der Waals surface area contributed by atoms with Crippen LogP contribution in [-0.4, -0.2) is 171 Å². The summed E-state index contributed by atoms with van der Waals surface area (Å²) in [6.07, 6.45) is 7.94. The molecule has 2 aliphatic rings. The number of hydrogen-bond donors (Lipinski definition) is 3. The van der Waals surface area contributed by atoms with Gasteiger partial charge in [-0.2, -0.15) is 0 Å². The van der Waals surface area contributed by atoms with Crippen molar-refractivity contribution in [1.82, 2.24) is 35.1 Å². The number of carbonyl (C=O) groups excluding carboxylic acids is 7. The van der Waals surface area contributed by atoms with Gasteiger partial charge in [0.15, 0.2) is 5.96 Å². The van der Waals surface area contributed by atoms with Crippen molar-refractivity contribution < 1.29 is 43.0 Å². The molecule has 0 spiro atoms. The number of rotatable bonds is 28. The molecule has 0 aromatic heterocycles. The predicted molar refractivity (Wildman–Crippen MR) is 290 cm³/mol. The molecule has 2 aromatic carbocycles. The highest BCUT2D eigenvalue weighted by Crippen LogP contribution is 2.29. The minimum atomic E-state index is -0.952. The number of benzene rings is 2. The third-order valence-corrected chi connectivity index (χ3v) is 13.8. The molecule has 7 amide bonds. The summed E-state index contributed by atoms with van der Waals surface area (Å²) in [6.45, 7) is 14.5. The van der Waals surface area contributed by atoms with Gasteiger partial charge >= 0.3 is 0 Å². The molecule has 0 saturated carbocycles. The minimum Gasteiger partial charge on any atom is -0.379 e. The van der Waals surface area contributed by atoms with Gasteiger partial charge in [0.1, 0.15) is 12.6 Å². The number of nitrogens with zero attached hydrogens (tertiary/aromatic N) is 6. The average molecular weight is 1030 g/mol. The number of aliphatic imine (C=N–C) groups is 1. The Labute approximate surface area is 441 Å². The van der Waals surface area contributed by atoms with Crippen LogP contribution in [0.2, 0.25) is 0 Å². The maximum absolute atomic E-state index is 14.3. The Bertz CT molecular complexity index is 2130. The van der Waals surface area contributed by atoms with Gasteiger partial charge in [0.25, 0.3) is 5.91 Å². The number of hydrogen-bond acceptors (Lipinski definition) is 10. The number of imide groups is 1. The van der Waals surface area contributed by atoms with Gasteiger partial charge in [-0.05, 0) is 67.9 Å². The summed E-state index contributed by atoms with van der Waals surface area (Å²) in [5.41, 5.74) is 2.19. The Morgan fingerprint density at radius 2 is 1.53 bits per heavy atom. The van der Waals surface area contributed by atoms with Gasteiger partial charge in [0, 0.05) is 86.6 Å². The van der Waals surface area contributed by atoms with Crippen LogP contribution in [0.1, 0.15) is 110 Å². The Morgan fingerprint density at radius 1 is 0.865 bits per heavy atom. The van der Waals surface area contributed by atoms with Crippen molar-refractivity contribution in [2.75, 3.05) is 73.4 Å². The summed E-state index contributed by atoms with van der Waals surface area (Å²) in [4.78, 5) is 105. The third-order valence-electron chi connectivity index (χ3n) is 13.8. The highest BCUT2D eigenvalue weighted by molar-refractivity contribution is 5.98. The maximum atomic E-state index is 14.3. The Morgan fingerprint density at radius 3 is 2.12 bits per heavy atom. The zero-order valence-corrected chi connectivity index (χ0v) is 46.1. The van der Waals surface area contributed by atoms with Crippen LogP contribution in [0, 0.1) is 11.8 Å². The molecule has 410 valence electrons. The molecule has 4 rings (SSSR count). The normalized spacial score (nSPS) is 16.8. The maximum Gasteiger partial charge on any atom is 0.252 e. The minimum absolute atomic E-state index is 0.0158. The number of likely N-dealkylation sites (tertiary alicyclic amines) is 1. The molecule has 18 heteroatoms. The second-order valence-electron chi connectivity index (χ2n) is 19.5. The number of carbonyl (C=O) groups is 7. The lowest BCUT2D eigenvalue weighted by atomic mass is 9.90. The van der Waals surface area contributed by atoms with Gasteiger partial charge in [0.2, 0.25) is 35.9 Å². The van der Waals surface area contributed by atoms with Crippen LogP contribution in [0.3, 0.4) is 0 Å². The summed E-state index contributed by atoms with van der Waals surface area (Å²) >= 11 is 0. The number of guanidine groups is 1. The van der Waals surface area contributed by atoms with E-state index in [2.05, 4.69) is 48.6 Å². The first-order valence-electron chi connectivity index (χ1n) is 26.4. The summed E-state index contributed by atoms with van der Waals surface area (Å²) in [6, 6.07) is 14.7. The van der Waals surface area contributed by atoms with Crippen molar-refractivity contribution in [3.05, 3.63) is 77.9 Å². The zero-order valence-electron chi connectivity index (χ0n) is 46.1. The fraction of sp³-hybridized carbons (Fsp3) is 0.607. The molecule has 0 aliphatic carbocycles. The highest BCUT2D eigenvalue weighted by Gasteiger charge is 2.42.